The van der Waals surface area contributed by atoms with Crippen LogP contribution in [0.1, 0.15) is 23.9 Å². The molecule has 4 aromatic rings. The summed E-state index contributed by atoms with van der Waals surface area (Å²) in [5, 5.41) is 32.7. The molecule has 0 radical (unpaired) electrons. The molecule has 7 nitrogen and oxygen atoms in total. The molecule has 0 unspecified atom stereocenters. The molecule has 30 heavy (non-hydrogen) atoms. The van der Waals surface area contributed by atoms with Crippen molar-refractivity contribution in [2.75, 3.05) is 0 Å². The van der Waals surface area contributed by atoms with E-state index in [0.29, 0.717) is 23.3 Å². The third-order valence-electron chi connectivity index (χ3n) is 4.78. The second-order valence-corrected chi connectivity index (χ2v) is 6.68. The average molecular weight is 404 g/mol. The van der Waals surface area contributed by atoms with E-state index < -0.39 is 0 Å². The fourth-order valence-electron chi connectivity index (χ4n) is 3.14. The van der Waals surface area contributed by atoms with Crippen LogP contribution in [0, 0.1) is 0 Å². The van der Waals surface area contributed by atoms with Crippen LogP contribution < -0.4 is 0 Å². The molecule has 3 N–H and O–H groups in total. The minimum atomic E-state index is -0.128. The molecule has 2 aromatic heterocycles. The van der Waals surface area contributed by atoms with Crippen molar-refractivity contribution < 1.29 is 15.4 Å². The molecular weight excluding hydrogens is 380 g/mol. The zero-order valence-electron chi connectivity index (χ0n) is 16.9. The van der Waals surface area contributed by atoms with Gasteiger partial charge in [-0.1, -0.05) is 30.3 Å². The fourth-order valence-corrected chi connectivity index (χ4v) is 3.14. The van der Waals surface area contributed by atoms with Crippen molar-refractivity contribution in [1.29, 1.82) is 0 Å². The topological polar surface area (TPSA) is 104 Å². The summed E-state index contributed by atoms with van der Waals surface area (Å²) in [5.41, 5.74) is 3.19. The molecule has 0 fully saturated rings. The Hall–Kier alpha value is -3.87. The normalized spacial score (nSPS) is 11.2. The van der Waals surface area contributed by atoms with Crippen LogP contribution in [0.4, 0.5) is 0 Å². The van der Waals surface area contributed by atoms with Gasteiger partial charge < -0.3 is 20.0 Å². The molecular formula is C23H24N4O3. The number of imidazole rings is 1. The first-order valence-corrected chi connectivity index (χ1v) is 9.56. The molecule has 2 heterocycles. The predicted octanol–water partition coefficient (Wildman–Crippen LogP) is 4.05. The van der Waals surface area contributed by atoms with Gasteiger partial charge in [-0.3, -0.25) is 4.98 Å². The van der Waals surface area contributed by atoms with Gasteiger partial charge in [0.25, 0.3) is 0 Å². The summed E-state index contributed by atoms with van der Waals surface area (Å²) in [6.07, 6.45) is 4.35. The van der Waals surface area contributed by atoms with Gasteiger partial charge >= 0.3 is 0 Å². The fraction of sp³-hybridized carbons (Fsp3) is 0.174. The number of phenols is 2. The summed E-state index contributed by atoms with van der Waals surface area (Å²) < 4.78 is 1.93. The highest BCUT2D eigenvalue weighted by molar-refractivity contribution is 6.04. The molecule has 0 atom stereocenters. The van der Waals surface area contributed by atoms with Crippen molar-refractivity contribution in [3.05, 3.63) is 83.9 Å². The first kappa shape index (κ1) is 20.9. The number of aromatic nitrogens is 3. The smallest absolute Gasteiger partial charge is 0.128 e. The minimum absolute atomic E-state index is 0.0266. The number of oxime groups is 1. The second kappa shape index (κ2) is 9.56. The van der Waals surface area contributed by atoms with Gasteiger partial charge in [-0.05, 0) is 42.3 Å². The van der Waals surface area contributed by atoms with Gasteiger partial charge in [0, 0.05) is 31.1 Å². The van der Waals surface area contributed by atoms with E-state index in [9.17, 15) is 15.4 Å². The minimum Gasteiger partial charge on any atom is -0.508 e. The monoisotopic (exact) mass is 404 g/mol. The van der Waals surface area contributed by atoms with Crippen molar-refractivity contribution >= 4 is 16.7 Å². The molecule has 0 spiro atoms. The first-order valence-electron chi connectivity index (χ1n) is 9.56. The van der Waals surface area contributed by atoms with Crippen LogP contribution in [0.3, 0.4) is 0 Å². The van der Waals surface area contributed by atoms with E-state index in [1.165, 1.54) is 6.07 Å². The molecule has 0 aliphatic heterocycles. The van der Waals surface area contributed by atoms with Crippen molar-refractivity contribution in [2.45, 2.75) is 19.8 Å². The zero-order chi connectivity index (χ0) is 21.5. The highest BCUT2D eigenvalue weighted by Crippen LogP contribution is 2.29. The molecule has 154 valence electrons. The Morgan fingerprint density at radius 1 is 1.00 bits per heavy atom. The van der Waals surface area contributed by atoms with E-state index in [4.69, 9.17) is 0 Å². The number of hydrogen-bond acceptors (Lipinski definition) is 6. The van der Waals surface area contributed by atoms with Crippen molar-refractivity contribution in [3.8, 4) is 11.5 Å². The number of hydrogen-bond donors (Lipinski definition) is 3. The Bertz CT molecular complexity index is 1130. The maximum absolute atomic E-state index is 10.1. The van der Waals surface area contributed by atoms with E-state index in [1.807, 2.05) is 61.0 Å². The van der Waals surface area contributed by atoms with Crippen LogP contribution in [0.2, 0.25) is 0 Å². The highest BCUT2D eigenvalue weighted by Gasteiger charge is 2.17. The van der Waals surface area contributed by atoms with Gasteiger partial charge in [0.05, 0.1) is 23.2 Å². The SMILES string of the molecule is CCc1cc(/C(Cc2nc3ccccc3n2C)=N/O)c(O)cc1O.c1ccncc1. The lowest BCUT2D eigenvalue weighted by Gasteiger charge is -2.10. The average Bonchev–Trinajstić information content (AvgIpc) is 3.10. The maximum atomic E-state index is 10.1. The number of nitrogens with zero attached hydrogens (tertiary/aromatic N) is 4. The van der Waals surface area contributed by atoms with E-state index in [-0.39, 0.29) is 17.9 Å². The van der Waals surface area contributed by atoms with Crippen LogP contribution in [0.15, 0.2) is 72.1 Å². The Labute approximate surface area is 174 Å². The van der Waals surface area contributed by atoms with Gasteiger partial charge in [0.2, 0.25) is 0 Å². The quantitative estimate of drug-likeness (QED) is 0.270. The summed E-state index contributed by atoms with van der Waals surface area (Å²) in [4.78, 5) is 8.34. The Morgan fingerprint density at radius 3 is 2.30 bits per heavy atom. The molecule has 7 heteroatoms. The van der Waals surface area contributed by atoms with Gasteiger partial charge in [0.1, 0.15) is 17.3 Å². The van der Waals surface area contributed by atoms with Crippen molar-refractivity contribution in [2.24, 2.45) is 12.2 Å². The first-order chi connectivity index (χ1) is 14.5. The van der Waals surface area contributed by atoms with E-state index in [2.05, 4.69) is 15.1 Å². The molecule has 0 saturated carbocycles. The summed E-state index contributed by atoms with van der Waals surface area (Å²) >= 11 is 0. The lowest BCUT2D eigenvalue weighted by Crippen LogP contribution is -2.10. The van der Waals surface area contributed by atoms with Crippen LogP contribution in [0.25, 0.3) is 11.0 Å². The van der Waals surface area contributed by atoms with Crippen LogP contribution in [-0.2, 0) is 19.9 Å². The highest BCUT2D eigenvalue weighted by atomic mass is 16.4. The molecule has 0 amide bonds. The molecule has 4 rings (SSSR count). The van der Waals surface area contributed by atoms with Crippen LogP contribution in [0.5, 0.6) is 11.5 Å². The van der Waals surface area contributed by atoms with E-state index in [1.54, 1.807) is 18.5 Å². The number of aryl methyl sites for hydroxylation is 2. The van der Waals surface area contributed by atoms with Crippen molar-refractivity contribution in [3.63, 3.8) is 0 Å². The number of phenolic OH excluding ortho intramolecular Hbond substituents is 2. The van der Waals surface area contributed by atoms with Crippen LogP contribution >= 0.6 is 0 Å². The Balaban J connectivity index is 0.000000367. The predicted molar refractivity (Wildman–Crippen MR) is 116 cm³/mol. The van der Waals surface area contributed by atoms with Gasteiger partial charge in [-0.15, -0.1) is 0 Å². The van der Waals surface area contributed by atoms with E-state index in [0.717, 1.165) is 16.9 Å². The number of aromatic hydroxyl groups is 2. The Kier molecular flexibility index (Phi) is 6.64. The molecule has 0 aliphatic carbocycles. The van der Waals surface area contributed by atoms with E-state index >= 15 is 0 Å². The molecule has 0 saturated heterocycles. The largest absolute Gasteiger partial charge is 0.508 e. The molecule has 2 aromatic carbocycles. The standard InChI is InChI=1S/C18H19N3O3.C5H5N/c1-3-11-8-12(17(23)10-16(11)22)14(20-24)9-18-19-13-6-4-5-7-15(13)21(18)2;1-2-4-6-5-3-1/h4-8,10,22-24H,3,9H2,1-2H3;1-5H/b20-14+;. The van der Waals surface area contributed by atoms with Crippen molar-refractivity contribution in [1.82, 2.24) is 14.5 Å². The van der Waals surface area contributed by atoms with Gasteiger partial charge in [-0.2, -0.15) is 0 Å². The summed E-state index contributed by atoms with van der Waals surface area (Å²) in [7, 11) is 1.90. The number of pyridine rings is 1. The second-order valence-electron chi connectivity index (χ2n) is 6.68. The van der Waals surface area contributed by atoms with Gasteiger partial charge in [0.15, 0.2) is 0 Å². The third kappa shape index (κ3) is 4.57. The summed E-state index contributed by atoms with van der Waals surface area (Å²) in [6, 6.07) is 16.4. The molecule has 0 bridgehead atoms. The van der Waals surface area contributed by atoms with Gasteiger partial charge in [-0.25, -0.2) is 4.98 Å². The number of fused-ring (bicyclic) bond motifs is 1. The number of rotatable bonds is 4. The number of benzene rings is 2. The Morgan fingerprint density at radius 2 is 1.73 bits per heavy atom. The summed E-state index contributed by atoms with van der Waals surface area (Å²) in [5.74, 6) is 0.615. The maximum Gasteiger partial charge on any atom is 0.128 e. The van der Waals surface area contributed by atoms with Crippen LogP contribution in [-0.4, -0.2) is 35.7 Å². The lowest BCUT2D eigenvalue weighted by atomic mass is 10.0. The lowest BCUT2D eigenvalue weighted by molar-refractivity contribution is 0.318. The summed E-state index contributed by atoms with van der Waals surface area (Å²) in [6.45, 7) is 1.90. The third-order valence-corrected chi connectivity index (χ3v) is 4.78. The molecule has 0 aliphatic rings. The number of para-hydroxylation sites is 2. The zero-order valence-corrected chi connectivity index (χ0v) is 16.9.